The predicted molar refractivity (Wildman–Crippen MR) is 100 cm³/mol. The summed E-state index contributed by atoms with van der Waals surface area (Å²) < 4.78 is 29.0. The average Bonchev–Trinajstić information content (AvgIpc) is 3.27. The SMILES string of the molecule is Cn1nc2cccc(S(=O)(=O)NCC3(N4CCCCC4)CCCC3)c2n1. The van der Waals surface area contributed by atoms with E-state index in [2.05, 4.69) is 19.8 Å². The highest BCUT2D eigenvalue weighted by atomic mass is 32.2. The molecule has 8 heteroatoms. The Labute approximate surface area is 154 Å². The highest BCUT2D eigenvalue weighted by Crippen LogP contribution is 2.37. The minimum atomic E-state index is -3.63. The summed E-state index contributed by atoms with van der Waals surface area (Å²) in [7, 11) is -1.93. The molecule has 0 atom stereocenters. The Morgan fingerprint density at radius 3 is 2.54 bits per heavy atom. The Bertz CT molecular complexity index is 880. The van der Waals surface area contributed by atoms with E-state index in [0.717, 1.165) is 25.9 Å². The minimum Gasteiger partial charge on any atom is -0.296 e. The van der Waals surface area contributed by atoms with Crippen molar-refractivity contribution in [2.24, 2.45) is 7.05 Å². The highest BCUT2D eigenvalue weighted by molar-refractivity contribution is 7.89. The van der Waals surface area contributed by atoms with Gasteiger partial charge in [0.25, 0.3) is 0 Å². The molecule has 1 saturated heterocycles. The van der Waals surface area contributed by atoms with Crippen LogP contribution in [0.15, 0.2) is 23.1 Å². The fraction of sp³-hybridized carbons (Fsp3) is 0.667. The number of nitrogens with zero attached hydrogens (tertiary/aromatic N) is 4. The van der Waals surface area contributed by atoms with E-state index in [1.807, 2.05) is 0 Å². The zero-order chi connectivity index (χ0) is 18.2. The molecule has 1 aliphatic heterocycles. The summed E-state index contributed by atoms with van der Waals surface area (Å²) in [6.07, 6.45) is 8.22. The Hall–Kier alpha value is -1.51. The normalized spacial score (nSPS) is 21.4. The third kappa shape index (κ3) is 3.25. The first-order valence-corrected chi connectivity index (χ1v) is 11.0. The Morgan fingerprint density at radius 2 is 1.81 bits per heavy atom. The van der Waals surface area contributed by atoms with Gasteiger partial charge >= 0.3 is 0 Å². The largest absolute Gasteiger partial charge is 0.296 e. The first-order chi connectivity index (χ1) is 12.5. The molecular formula is C18H27N5O2S. The molecule has 4 rings (SSSR count). The molecule has 1 aromatic carbocycles. The van der Waals surface area contributed by atoms with E-state index < -0.39 is 10.0 Å². The van der Waals surface area contributed by atoms with Crippen molar-refractivity contribution in [3.63, 3.8) is 0 Å². The number of hydrogen-bond donors (Lipinski definition) is 1. The van der Waals surface area contributed by atoms with Crippen LogP contribution in [0.2, 0.25) is 0 Å². The van der Waals surface area contributed by atoms with Gasteiger partial charge in [0.05, 0.1) is 0 Å². The number of nitrogens with one attached hydrogen (secondary N) is 1. The van der Waals surface area contributed by atoms with Gasteiger partial charge < -0.3 is 0 Å². The summed E-state index contributed by atoms with van der Waals surface area (Å²) in [5, 5.41) is 8.46. The first kappa shape index (κ1) is 17.9. The lowest BCUT2D eigenvalue weighted by atomic mass is 9.92. The van der Waals surface area contributed by atoms with Crippen molar-refractivity contribution in [1.29, 1.82) is 0 Å². The summed E-state index contributed by atoms with van der Waals surface area (Å²) >= 11 is 0. The molecule has 7 nitrogen and oxygen atoms in total. The predicted octanol–water partition coefficient (Wildman–Crippen LogP) is 2.05. The molecule has 1 aliphatic carbocycles. The van der Waals surface area contributed by atoms with Crippen LogP contribution < -0.4 is 4.72 Å². The number of aromatic nitrogens is 3. The number of sulfonamides is 1. The van der Waals surface area contributed by atoms with Gasteiger partial charge in [0.1, 0.15) is 15.9 Å². The molecule has 26 heavy (non-hydrogen) atoms. The Morgan fingerprint density at radius 1 is 1.08 bits per heavy atom. The molecule has 0 unspecified atom stereocenters. The third-order valence-corrected chi connectivity index (χ3v) is 7.35. The maximum Gasteiger partial charge on any atom is 0.242 e. The molecule has 1 saturated carbocycles. The minimum absolute atomic E-state index is 0.0241. The average molecular weight is 378 g/mol. The standard InChI is InChI=1S/C18H27N5O2S/c1-22-20-15-8-7-9-16(17(15)21-22)26(24,25)19-14-18(10-3-4-11-18)23-12-5-2-6-13-23/h7-9,19H,2-6,10-14H2,1H3. The zero-order valence-electron chi connectivity index (χ0n) is 15.3. The fourth-order valence-corrected chi connectivity index (χ4v) is 5.82. The van der Waals surface area contributed by atoms with Gasteiger partial charge in [-0.05, 0) is 50.9 Å². The summed E-state index contributed by atoms with van der Waals surface area (Å²) in [5.41, 5.74) is 1.01. The van der Waals surface area contributed by atoms with Crippen LogP contribution >= 0.6 is 0 Å². The molecule has 142 valence electrons. The first-order valence-electron chi connectivity index (χ1n) is 9.55. The molecule has 2 aliphatic rings. The fourth-order valence-electron chi connectivity index (χ4n) is 4.55. The molecule has 0 spiro atoms. The van der Waals surface area contributed by atoms with Crippen LogP contribution in [0.4, 0.5) is 0 Å². The molecule has 1 N–H and O–H groups in total. The third-order valence-electron chi connectivity index (χ3n) is 5.92. The van der Waals surface area contributed by atoms with Crippen molar-refractivity contribution < 1.29 is 8.42 Å². The van der Waals surface area contributed by atoms with Crippen molar-refractivity contribution >= 4 is 21.1 Å². The van der Waals surface area contributed by atoms with Gasteiger partial charge in [-0.25, -0.2) is 13.1 Å². The van der Waals surface area contributed by atoms with Gasteiger partial charge in [0.2, 0.25) is 10.0 Å². The second-order valence-corrected chi connectivity index (χ2v) is 9.35. The van der Waals surface area contributed by atoms with Gasteiger partial charge in [0.15, 0.2) is 0 Å². The van der Waals surface area contributed by atoms with E-state index in [4.69, 9.17) is 0 Å². The molecule has 0 amide bonds. The molecule has 2 aromatic rings. The Balaban J connectivity index is 1.58. The van der Waals surface area contributed by atoms with E-state index in [9.17, 15) is 8.42 Å². The van der Waals surface area contributed by atoms with E-state index in [1.165, 1.54) is 36.9 Å². The van der Waals surface area contributed by atoms with Crippen molar-refractivity contribution in [2.45, 2.75) is 55.4 Å². The lowest BCUT2D eigenvalue weighted by Gasteiger charge is -2.43. The van der Waals surface area contributed by atoms with Gasteiger partial charge in [-0.2, -0.15) is 15.0 Å². The number of benzene rings is 1. The maximum absolute atomic E-state index is 13.0. The molecule has 2 heterocycles. The number of likely N-dealkylation sites (tertiary alicyclic amines) is 1. The number of aryl methyl sites for hydroxylation is 1. The van der Waals surface area contributed by atoms with Crippen LogP contribution in [0.5, 0.6) is 0 Å². The second kappa shape index (κ2) is 6.90. The van der Waals surface area contributed by atoms with Gasteiger partial charge in [-0.1, -0.05) is 25.3 Å². The molecular weight excluding hydrogens is 350 g/mol. The molecule has 2 fully saturated rings. The van der Waals surface area contributed by atoms with Gasteiger partial charge in [-0.3, -0.25) is 4.90 Å². The van der Waals surface area contributed by atoms with Crippen molar-refractivity contribution in [1.82, 2.24) is 24.6 Å². The van der Waals surface area contributed by atoms with E-state index in [1.54, 1.807) is 25.2 Å². The second-order valence-electron chi connectivity index (χ2n) is 7.62. The van der Waals surface area contributed by atoms with Crippen molar-refractivity contribution in [2.75, 3.05) is 19.6 Å². The number of hydrogen-bond acceptors (Lipinski definition) is 5. The quantitative estimate of drug-likeness (QED) is 0.863. The van der Waals surface area contributed by atoms with Crippen molar-refractivity contribution in [3.05, 3.63) is 18.2 Å². The lowest BCUT2D eigenvalue weighted by molar-refractivity contribution is 0.0743. The van der Waals surface area contributed by atoms with Crippen molar-refractivity contribution in [3.8, 4) is 0 Å². The number of piperidine rings is 1. The monoisotopic (exact) mass is 377 g/mol. The summed E-state index contributed by atoms with van der Waals surface area (Å²) in [6.45, 7) is 2.65. The van der Waals surface area contributed by atoms with E-state index >= 15 is 0 Å². The maximum atomic E-state index is 13.0. The molecule has 0 bridgehead atoms. The zero-order valence-corrected chi connectivity index (χ0v) is 16.1. The van der Waals surface area contributed by atoms with E-state index in [0.29, 0.717) is 17.6 Å². The summed E-state index contributed by atoms with van der Waals surface area (Å²) in [4.78, 5) is 4.17. The molecule has 1 aromatic heterocycles. The van der Waals surface area contributed by atoms with Gasteiger partial charge in [0, 0.05) is 19.1 Å². The van der Waals surface area contributed by atoms with Crippen LogP contribution in [-0.2, 0) is 17.1 Å². The summed E-state index contributed by atoms with van der Waals surface area (Å²) in [6, 6.07) is 5.12. The topological polar surface area (TPSA) is 80.1 Å². The number of fused-ring (bicyclic) bond motifs is 1. The van der Waals surface area contributed by atoms with Crippen LogP contribution in [0, 0.1) is 0 Å². The lowest BCUT2D eigenvalue weighted by Crippen LogP contribution is -2.55. The van der Waals surface area contributed by atoms with Gasteiger partial charge in [-0.15, -0.1) is 0 Å². The van der Waals surface area contributed by atoms with Crippen LogP contribution in [0.25, 0.3) is 11.0 Å². The summed E-state index contributed by atoms with van der Waals surface area (Å²) in [5.74, 6) is 0. The highest BCUT2D eigenvalue weighted by Gasteiger charge is 2.40. The van der Waals surface area contributed by atoms with Crippen LogP contribution in [0.3, 0.4) is 0 Å². The van der Waals surface area contributed by atoms with E-state index in [-0.39, 0.29) is 10.4 Å². The smallest absolute Gasteiger partial charge is 0.242 e. The number of rotatable bonds is 5. The molecule has 0 radical (unpaired) electrons. The van der Waals surface area contributed by atoms with Crippen LogP contribution in [-0.4, -0.2) is 53.5 Å². The van der Waals surface area contributed by atoms with Crippen LogP contribution in [0.1, 0.15) is 44.9 Å². The Kier molecular flexibility index (Phi) is 4.75.